The normalized spacial score (nSPS) is 13.6. The standard InChI is InChI=1S/C11H16F3N3O/c1-16-9(6-18-7-11(12,13)14)4-8-5-17-3-2-10(8)15/h2-3,5,9,16H,4,6-7H2,1H3,(H2,15,17). The van der Waals surface area contributed by atoms with Gasteiger partial charge in [-0.25, -0.2) is 0 Å². The fourth-order valence-corrected chi connectivity index (χ4v) is 1.44. The van der Waals surface area contributed by atoms with Gasteiger partial charge in [-0.3, -0.25) is 4.98 Å². The van der Waals surface area contributed by atoms with Crippen molar-refractivity contribution >= 4 is 5.69 Å². The van der Waals surface area contributed by atoms with Crippen LogP contribution in [0.3, 0.4) is 0 Å². The van der Waals surface area contributed by atoms with Crippen LogP contribution in [-0.4, -0.2) is 37.5 Å². The van der Waals surface area contributed by atoms with E-state index in [0.29, 0.717) is 12.1 Å². The monoisotopic (exact) mass is 263 g/mol. The SMILES string of the molecule is CNC(COCC(F)(F)F)Cc1cnccc1N. The van der Waals surface area contributed by atoms with E-state index in [-0.39, 0.29) is 12.6 Å². The first kappa shape index (κ1) is 14.7. The molecule has 0 aliphatic rings. The number of pyridine rings is 1. The van der Waals surface area contributed by atoms with Crippen LogP contribution in [0.1, 0.15) is 5.56 Å². The number of rotatable bonds is 6. The van der Waals surface area contributed by atoms with Gasteiger partial charge in [0.15, 0.2) is 0 Å². The number of nitrogens with one attached hydrogen (secondary N) is 1. The summed E-state index contributed by atoms with van der Waals surface area (Å²) < 4.78 is 40.4. The molecule has 0 aliphatic carbocycles. The number of nitrogen functional groups attached to an aromatic ring is 1. The zero-order chi connectivity index (χ0) is 13.6. The van der Waals surface area contributed by atoms with Crippen LogP contribution in [0.4, 0.5) is 18.9 Å². The van der Waals surface area contributed by atoms with Crippen molar-refractivity contribution in [1.82, 2.24) is 10.3 Å². The molecule has 0 aliphatic heterocycles. The first-order valence-electron chi connectivity index (χ1n) is 5.42. The number of halogens is 3. The van der Waals surface area contributed by atoms with Crippen LogP contribution in [0.5, 0.6) is 0 Å². The van der Waals surface area contributed by atoms with Crippen molar-refractivity contribution in [2.75, 3.05) is 26.0 Å². The number of hydrogen-bond acceptors (Lipinski definition) is 4. The molecule has 102 valence electrons. The number of nitrogens with two attached hydrogens (primary N) is 1. The lowest BCUT2D eigenvalue weighted by Gasteiger charge is -2.17. The molecule has 4 nitrogen and oxygen atoms in total. The Labute approximate surface area is 103 Å². The smallest absolute Gasteiger partial charge is 0.398 e. The lowest BCUT2D eigenvalue weighted by molar-refractivity contribution is -0.175. The summed E-state index contributed by atoms with van der Waals surface area (Å²) in [5.74, 6) is 0. The maximum Gasteiger partial charge on any atom is 0.411 e. The molecule has 1 heterocycles. The maximum atomic E-state index is 11.9. The molecule has 1 aromatic rings. The average molecular weight is 263 g/mol. The van der Waals surface area contributed by atoms with Crippen molar-refractivity contribution in [1.29, 1.82) is 0 Å². The van der Waals surface area contributed by atoms with Gasteiger partial charge in [0.1, 0.15) is 6.61 Å². The van der Waals surface area contributed by atoms with Crippen molar-refractivity contribution in [3.05, 3.63) is 24.0 Å². The highest BCUT2D eigenvalue weighted by atomic mass is 19.4. The molecule has 0 saturated heterocycles. The predicted molar refractivity (Wildman–Crippen MR) is 62.1 cm³/mol. The van der Waals surface area contributed by atoms with Crippen LogP contribution in [0.15, 0.2) is 18.5 Å². The maximum absolute atomic E-state index is 11.9. The molecule has 0 fully saturated rings. The molecule has 0 aromatic carbocycles. The highest BCUT2D eigenvalue weighted by molar-refractivity contribution is 5.44. The predicted octanol–water partition coefficient (Wildman–Crippen LogP) is 1.37. The third kappa shape index (κ3) is 5.33. The van der Waals surface area contributed by atoms with Gasteiger partial charge in [0, 0.05) is 24.1 Å². The first-order valence-corrected chi connectivity index (χ1v) is 5.42. The topological polar surface area (TPSA) is 60.2 Å². The zero-order valence-corrected chi connectivity index (χ0v) is 10.00. The second-order valence-electron chi connectivity index (χ2n) is 3.89. The Morgan fingerprint density at radius 1 is 1.50 bits per heavy atom. The van der Waals surface area contributed by atoms with Gasteiger partial charge in [-0.2, -0.15) is 13.2 Å². The quantitative estimate of drug-likeness (QED) is 0.814. The van der Waals surface area contributed by atoms with Gasteiger partial charge in [0.2, 0.25) is 0 Å². The third-order valence-electron chi connectivity index (χ3n) is 2.40. The van der Waals surface area contributed by atoms with Crippen molar-refractivity contribution in [3.8, 4) is 0 Å². The Bertz CT molecular complexity index is 371. The highest BCUT2D eigenvalue weighted by Gasteiger charge is 2.27. The molecule has 7 heteroatoms. The largest absolute Gasteiger partial charge is 0.411 e. The van der Waals surface area contributed by atoms with E-state index in [1.54, 1.807) is 25.5 Å². The molecule has 0 spiro atoms. The van der Waals surface area contributed by atoms with Gasteiger partial charge in [0.05, 0.1) is 6.61 Å². The molecule has 0 amide bonds. The first-order chi connectivity index (χ1) is 8.42. The number of hydrogen-bond donors (Lipinski definition) is 2. The van der Waals surface area contributed by atoms with E-state index >= 15 is 0 Å². The second kappa shape index (κ2) is 6.55. The number of aromatic nitrogens is 1. The van der Waals surface area contributed by atoms with Crippen molar-refractivity contribution in [3.63, 3.8) is 0 Å². The van der Waals surface area contributed by atoms with Gasteiger partial charge in [-0.15, -0.1) is 0 Å². The lowest BCUT2D eigenvalue weighted by atomic mass is 10.1. The molecule has 0 radical (unpaired) electrons. The Morgan fingerprint density at radius 3 is 2.78 bits per heavy atom. The molecule has 18 heavy (non-hydrogen) atoms. The van der Waals surface area contributed by atoms with E-state index in [4.69, 9.17) is 5.73 Å². The van der Waals surface area contributed by atoms with Crippen molar-refractivity contribution in [2.45, 2.75) is 18.6 Å². The van der Waals surface area contributed by atoms with E-state index in [1.165, 1.54) is 0 Å². The Hall–Kier alpha value is -1.34. The number of alkyl halides is 3. The summed E-state index contributed by atoms with van der Waals surface area (Å²) in [6.45, 7) is -1.28. The summed E-state index contributed by atoms with van der Waals surface area (Å²) in [5.41, 5.74) is 7.09. The summed E-state index contributed by atoms with van der Waals surface area (Å²) in [7, 11) is 1.66. The Balaban J connectivity index is 2.45. The molecular weight excluding hydrogens is 247 g/mol. The van der Waals surface area contributed by atoms with Gasteiger partial charge >= 0.3 is 6.18 Å². The van der Waals surface area contributed by atoms with Crippen LogP contribution >= 0.6 is 0 Å². The summed E-state index contributed by atoms with van der Waals surface area (Å²) in [6, 6.07) is 1.41. The highest BCUT2D eigenvalue weighted by Crippen LogP contribution is 2.15. The van der Waals surface area contributed by atoms with E-state index in [0.717, 1.165) is 5.56 Å². The summed E-state index contributed by atoms with van der Waals surface area (Å²) in [5, 5.41) is 2.89. The molecule has 0 saturated carbocycles. The molecular formula is C11H16F3N3O. The average Bonchev–Trinajstić information content (AvgIpc) is 2.29. The number of nitrogens with zero attached hydrogens (tertiary/aromatic N) is 1. The van der Waals surface area contributed by atoms with Gasteiger partial charge < -0.3 is 15.8 Å². The molecule has 0 bridgehead atoms. The summed E-state index contributed by atoms with van der Waals surface area (Å²) >= 11 is 0. The number of likely N-dealkylation sites (N-methyl/N-ethyl adjacent to an activating group) is 1. The minimum atomic E-state index is -4.30. The van der Waals surface area contributed by atoms with Crippen molar-refractivity contribution in [2.24, 2.45) is 0 Å². The van der Waals surface area contributed by atoms with Gasteiger partial charge in [0.25, 0.3) is 0 Å². The second-order valence-corrected chi connectivity index (χ2v) is 3.89. The van der Waals surface area contributed by atoms with E-state index in [9.17, 15) is 13.2 Å². The fourth-order valence-electron chi connectivity index (χ4n) is 1.44. The minimum Gasteiger partial charge on any atom is -0.398 e. The number of anilines is 1. The molecule has 3 N–H and O–H groups in total. The van der Waals surface area contributed by atoms with Crippen LogP contribution in [0, 0.1) is 0 Å². The fraction of sp³-hybridized carbons (Fsp3) is 0.545. The van der Waals surface area contributed by atoms with Gasteiger partial charge in [-0.1, -0.05) is 0 Å². The molecule has 1 unspecified atom stereocenters. The summed E-state index contributed by atoms with van der Waals surface area (Å²) in [4.78, 5) is 3.92. The molecule has 1 aromatic heterocycles. The summed E-state index contributed by atoms with van der Waals surface area (Å²) in [6.07, 6.45) is -0.670. The van der Waals surface area contributed by atoms with Crippen LogP contribution in [0.2, 0.25) is 0 Å². The third-order valence-corrected chi connectivity index (χ3v) is 2.40. The Morgan fingerprint density at radius 2 is 2.22 bits per heavy atom. The molecule has 1 rings (SSSR count). The molecule has 1 atom stereocenters. The van der Waals surface area contributed by atoms with E-state index in [1.807, 2.05) is 0 Å². The van der Waals surface area contributed by atoms with Crippen LogP contribution < -0.4 is 11.1 Å². The Kier molecular flexibility index (Phi) is 5.36. The van der Waals surface area contributed by atoms with Crippen LogP contribution in [-0.2, 0) is 11.2 Å². The number of ether oxygens (including phenoxy) is 1. The van der Waals surface area contributed by atoms with Crippen molar-refractivity contribution < 1.29 is 17.9 Å². The van der Waals surface area contributed by atoms with E-state index < -0.39 is 12.8 Å². The van der Waals surface area contributed by atoms with Gasteiger partial charge in [-0.05, 0) is 25.1 Å². The lowest BCUT2D eigenvalue weighted by Crippen LogP contribution is -2.34. The van der Waals surface area contributed by atoms with E-state index in [2.05, 4.69) is 15.0 Å². The zero-order valence-electron chi connectivity index (χ0n) is 10.00. The minimum absolute atomic E-state index is 0.0374. The van der Waals surface area contributed by atoms with Crippen LogP contribution in [0.25, 0.3) is 0 Å².